The van der Waals surface area contributed by atoms with Crippen LogP contribution in [0.2, 0.25) is 0 Å². The number of likely N-dealkylation sites (N-methyl/N-ethyl adjacent to an activating group) is 1. The Kier molecular flexibility index (Phi) is 3.51. The normalized spacial score (nSPS) is 11.6. The van der Waals surface area contributed by atoms with E-state index < -0.39 is 0 Å². The van der Waals surface area contributed by atoms with Gasteiger partial charge in [0.2, 0.25) is 5.91 Å². The minimum Gasteiger partial charge on any atom is -0.361 e. The second-order valence-corrected chi connectivity index (χ2v) is 4.67. The maximum atomic E-state index is 11.8. The summed E-state index contributed by atoms with van der Waals surface area (Å²) >= 11 is 0. The molecule has 0 saturated heterocycles. The van der Waals surface area contributed by atoms with Crippen molar-refractivity contribution in [2.75, 3.05) is 7.05 Å². The predicted molar refractivity (Wildman–Crippen MR) is 83.7 cm³/mol. The van der Waals surface area contributed by atoms with E-state index in [1.165, 1.54) is 0 Å². The number of hydrogen-bond donors (Lipinski definition) is 2. The van der Waals surface area contributed by atoms with E-state index in [4.69, 9.17) is 0 Å². The predicted octanol–water partition coefficient (Wildman–Crippen LogP) is 2.74. The van der Waals surface area contributed by atoms with Crippen LogP contribution in [-0.4, -0.2) is 22.9 Å². The highest BCUT2D eigenvalue weighted by Gasteiger charge is 2.09. The molecule has 2 heterocycles. The number of aromatic nitrogens is 2. The summed E-state index contributed by atoms with van der Waals surface area (Å²) in [6, 6.07) is 13.7. The Labute approximate surface area is 122 Å². The highest BCUT2D eigenvalue weighted by molar-refractivity contribution is 5.99. The van der Waals surface area contributed by atoms with E-state index in [1.807, 2.05) is 48.7 Å². The first-order valence-electron chi connectivity index (χ1n) is 6.70. The molecule has 2 aromatic heterocycles. The molecule has 21 heavy (non-hydrogen) atoms. The van der Waals surface area contributed by atoms with Gasteiger partial charge >= 0.3 is 0 Å². The van der Waals surface area contributed by atoms with Gasteiger partial charge in [0.15, 0.2) is 0 Å². The molecule has 0 bridgehead atoms. The molecule has 0 saturated carbocycles. The zero-order valence-corrected chi connectivity index (χ0v) is 11.6. The fraction of sp³-hybridized carbons (Fsp3) is 0.0588. The van der Waals surface area contributed by atoms with Gasteiger partial charge in [0.05, 0.1) is 5.69 Å². The standard InChI is InChI=1S/C17H15N3O/c1-18-17(21)11-14(15-4-2-3-8-19-15)13-6-5-12-7-9-20-16(12)10-13/h2-11,20H,1H3,(H,18,21)/b14-11-. The van der Waals surface area contributed by atoms with Gasteiger partial charge in [-0.05, 0) is 35.2 Å². The molecule has 0 atom stereocenters. The first-order chi connectivity index (χ1) is 10.3. The smallest absolute Gasteiger partial charge is 0.244 e. The van der Waals surface area contributed by atoms with Crippen LogP contribution in [0.1, 0.15) is 11.3 Å². The molecule has 3 rings (SSSR count). The van der Waals surface area contributed by atoms with E-state index in [1.54, 1.807) is 19.3 Å². The summed E-state index contributed by atoms with van der Waals surface area (Å²) < 4.78 is 0. The molecule has 0 aliphatic carbocycles. The number of rotatable bonds is 3. The summed E-state index contributed by atoms with van der Waals surface area (Å²) in [4.78, 5) is 19.3. The van der Waals surface area contributed by atoms with E-state index in [0.29, 0.717) is 0 Å². The largest absolute Gasteiger partial charge is 0.361 e. The number of pyridine rings is 1. The topological polar surface area (TPSA) is 57.8 Å². The molecule has 3 aromatic rings. The van der Waals surface area contributed by atoms with Gasteiger partial charge in [0.25, 0.3) is 0 Å². The zero-order valence-electron chi connectivity index (χ0n) is 11.6. The van der Waals surface area contributed by atoms with Crippen LogP contribution < -0.4 is 5.32 Å². The molecular weight excluding hydrogens is 262 g/mol. The maximum absolute atomic E-state index is 11.8. The van der Waals surface area contributed by atoms with Crippen molar-refractivity contribution < 1.29 is 4.79 Å². The Hall–Kier alpha value is -2.88. The van der Waals surface area contributed by atoms with E-state index in [9.17, 15) is 4.79 Å². The van der Waals surface area contributed by atoms with Crippen LogP contribution in [0.25, 0.3) is 16.5 Å². The lowest BCUT2D eigenvalue weighted by molar-refractivity contribution is -0.116. The summed E-state index contributed by atoms with van der Waals surface area (Å²) in [7, 11) is 1.61. The van der Waals surface area contributed by atoms with Crippen molar-refractivity contribution in [3.8, 4) is 0 Å². The van der Waals surface area contributed by atoms with Gasteiger partial charge < -0.3 is 10.3 Å². The fourth-order valence-corrected chi connectivity index (χ4v) is 2.25. The van der Waals surface area contributed by atoms with Crippen molar-refractivity contribution in [1.82, 2.24) is 15.3 Å². The number of nitrogens with zero attached hydrogens (tertiary/aromatic N) is 1. The zero-order chi connectivity index (χ0) is 14.7. The van der Waals surface area contributed by atoms with Crippen LogP contribution in [0, 0.1) is 0 Å². The monoisotopic (exact) mass is 277 g/mol. The Morgan fingerprint density at radius 3 is 2.90 bits per heavy atom. The first kappa shape index (κ1) is 13.1. The summed E-state index contributed by atoms with van der Waals surface area (Å²) in [5.41, 5.74) is 3.55. The number of nitrogens with one attached hydrogen (secondary N) is 2. The minimum atomic E-state index is -0.151. The molecule has 1 aromatic carbocycles. The lowest BCUT2D eigenvalue weighted by Crippen LogP contribution is -2.15. The summed E-state index contributed by atoms with van der Waals surface area (Å²) in [6.45, 7) is 0. The Morgan fingerprint density at radius 1 is 1.24 bits per heavy atom. The van der Waals surface area contributed by atoms with Crippen LogP contribution >= 0.6 is 0 Å². The lowest BCUT2D eigenvalue weighted by atomic mass is 10.0. The second kappa shape index (κ2) is 5.63. The number of carbonyl (C=O) groups is 1. The molecule has 1 amide bonds. The molecule has 4 heteroatoms. The molecule has 2 N–H and O–H groups in total. The van der Waals surface area contributed by atoms with Crippen molar-refractivity contribution in [2.45, 2.75) is 0 Å². The first-order valence-corrected chi connectivity index (χ1v) is 6.70. The van der Waals surface area contributed by atoms with Gasteiger partial charge in [-0.1, -0.05) is 18.2 Å². The van der Waals surface area contributed by atoms with Crippen molar-refractivity contribution >= 4 is 22.4 Å². The molecule has 0 aliphatic heterocycles. The number of aromatic amines is 1. The number of benzene rings is 1. The molecule has 104 valence electrons. The van der Waals surface area contributed by atoms with Gasteiger partial charge in [0.1, 0.15) is 0 Å². The number of amides is 1. The third kappa shape index (κ3) is 2.69. The molecule has 0 unspecified atom stereocenters. The maximum Gasteiger partial charge on any atom is 0.244 e. The van der Waals surface area contributed by atoms with Gasteiger partial charge in [-0.3, -0.25) is 9.78 Å². The molecule has 0 spiro atoms. The Bertz CT molecular complexity index is 803. The van der Waals surface area contributed by atoms with Gasteiger partial charge in [-0.2, -0.15) is 0 Å². The molecule has 0 fully saturated rings. The molecule has 0 aliphatic rings. The van der Waals surface area contributed by atoms with Crippen molar-refractivity contribution in [2.24, 2.45) is 0 Å². The quantitative estimate of drug-likeness (QED) is 0.723. The van der Waals surface area contributed by atoms with Gasteiger partial charge in [-0.15, -0.1) is 0 Å². The van der Waals surface area contributed by atoms with Gasteiger partial charge in [-0.25, -0.2) is 0 Å². The Balaban J connectivity index is 2.14. The van der Waals surface area contributed by atoms with E-state index in [0.717, 1.165) is 27.7 Å². The SMILES string of the molecule is CNC(=O)/C=C(/c1ccc2cc[nH]c2c1)c1ccccn1. The minimum absolute atomic E-state index is 0.151. The van der Waals surface area contributed by atoms with E-state index in [-0.39, 0.29) is 5.91 Å². The fourth-order valence-electron chi connectivity index (χ4n) is 2.25. The van der Waals surface area contributed by atoms with Crippen molar-refractivity contribution in [1.29, 1.82) is 0 Å². The second-order valence-electron chi connectivity index (χ2n) is 4.67. The van der Waals surface area contributed by atoms with E-state index in [2.05, 4.69) is 15.3 Å². The third-order valence-electron chi connectivity index (χ3n) is 3.33. The van der Waals surface area contributed by atoms with Crippen LogP contribution in [0.4, 0.5) is 0 Å². The highest BCUT2D eigenvalue weighted by Crippen LogP contribution is 2.24. The number of hydrogen-bond acceptors (Lipinski definition) is 2. The highest BCUT2D eigenvalue weighted by atomic mass is 16.1. The number of H-pyrrole nitrogens is 1. The van der Waals surface area contributed by atoms with Crippen molar-refractivity contribution in [3.05, 3.63) is 72.2 Å². The Morgan fingerprint density at radius 2 is 2.14 bits per heavy atom. The van der Waals surface area contributed by atoms with E-state index >= 15 is 0 Å². The molecule has 0 radical (unpaired) electrons. The van der Waals surface area contributed by atoms with Crippen LogP contribution in [0.15, 0.2) is 60.9 Å². The van der Waals surface area contributed by atoms with Crippen LogP contribution in [-0.2, 0) is 4.79 Å². The summed E-state index contributed by atoms with van der Waals surface area (Å²) in [5, 5.41) is 3.75. The molecular formula is C17H15N3O. The summed E-state index contributed by atoms with van der Waals surface area (Å²) in [6.07, 6.45) is 5.20. The number of fused-ring (bicyclic) bond motifs is 1. The summed E-state index contributed by atoms with van der Waals surface area (Å²) in [5.74, 6) is -0.151. The third-order valence-corrected chi connectivity index (χ3v) is 3.33. The van der Waals surface area contributed by atoms with Crippen molar-refractivity contribution in [3.63, 3.8) is 0 Å². The lowest BCUT2D eigenvalue weighted by Gasteiger charge is -2.08. The van der Waals surface area contributed by atoms with Crippen LogP contribution in [0.5, 0.6) is 0 Å². The number of carbonyl (C=O) groups excluding carboxylic acids is 1. The molecule has 4 nitrogen and oxygen atoms in total. The average Bonchev–Trinajstić information content (AvgIpc) is 3.00. The average molecular weight is 277 g/mol. The van der Waals surface area contributed by atoms with Crippen LogP contribution in [0.3, 0.4) is 0 Å². The van der Waals surface area contributed by atoms with Gasteiger partial charge in [0, 0.05) is 36.6 Å².